The molecule has 1 unspecified atom stereocenters. The maximum Gasteiger partial charge on any atom is 0.469 e. The number of aryl methyl sites for hydroxylation is 1. The lowest BCUT2D eigenvalue weighted by atomic mass is 9.79. The van der Waals surface area contributed by atoms with E-state index in [0.29, 0.717) is 68.2 Å². The van der Waals surface area contributed by atoms with Crippen LogP contribution in [-0.2, 0) is 41.2 Å². The van der Waals surface area contributed by atoms with Crippen molar-refractivity contribution >= 4 is 7.82 Å². The average Bonchev–Trinajstić information content (AvgIpc) is 4.04. The van der Waals surface area contributed by atoms with Gasteiger partial charge in [-0.1, -0.05) is 53.7 Å². The molecule has 4 aromatic carbocycles. The number of nitrogens with zero attached hydrogens (tertiary/aromatic N) is 2. The Morgan fingerprint density at radius 1 is 0.952 bits per heavy atom. The summed E-state index contributed by atoms with van der Waals surface area (Å²) in [5, 5.41) is 17.1. The van der Waals surface area contributed by atoms with Gasteiger partial charge in [-0.15, -0.1) is 0 Å². The van der Waals surface area contributed by atoms with Gasteiger partial charge in [0, 0.05) is 35.7 Å². The summed E-state index contributed by atoms with van der Waals surface area (Å²) in [5.41, 5.74) is 16.4. The van der Waals surface area contributed by atoms with Crippen LogP contribution in [0.1, 0.15) is 96.4 Å². The Bertz CT molecular complexity index is 2380. The summed E-state index contributed by atoms with van der Waals surface area (Å²) in [6.07, 6.45) is 9.84. The lowest BCUT2D eigenvalue weighted by Crippen LogP contribution is -2.41. The first-order chi connectivity index (χ1) is 30.0. The molecule has 1 saturated carbocycles. The zero-order valence-electron chi connectivity index (χ0n) is 35.7. The number of methoxy groups -OCH3 is 1. The van der Waals surface area contributed by atoms with Crippen LogP contribution in [0.15, 0.2) is 77.3 Å². The third-order valence-electron chi connectivity index (χ3n) is 13.0. The van der Waals surface area contributed by atoms with Crippen LogP contribution in [0.4, 0.5) is 0 Å². The average molecular weight is 867 g/mol. The number of hydrogen-bond acceptors (Lipinski definition) is 11. The summed E-state index contributed by atoms with van der Waals surface area (Å²) in [6, 6.07) is 25.2. The summed E-state index contributed by atoms with van der Waals surface area (Å²) in [7, 11) is -2.82. The molecule has 0 amide bonds. The van der Waals surface area contributed by atoms with E-state index in [-0.39, 0.29) is 25.2 Å². The molecule has 14 heteroatoms. The van der Waals surface area contributed by atoms with Crippen LogP contribution in [0.5, 0.6) is 17.2 Å². The first-order valence-corrected chi connectivity index (χ1v) is 23.5. The number of fused-ring (bicyclic) bond motifs is 2. The van der Waals surface area contributed by atoms with E-state index < -0.39 is 13.4 Å². The van der Waals surface area contributed by atoms with E-state index in [1.807, 2.05) is 49.4 Å². The molecule has 62 heavy (non-hydrogen) atoms. The highest BCUT2D eigenvalue weighted by molar-refractivity contribution is 7.46. The van der Waals surface area contributed by atoms with Crippen molar-refractivity contribution < 1.29 is 42.7 Å². The van der Waals surface area contributed by atoms with Crippen LogP contribution in [0.3, 0.4) is 0 Å². The van der Waals surface area contributed by atoms with Crippen molar-refractivity contribution in [1.29, 1.82) is 0 Å². The lowest BCUT2D eigenvalue weighted by molar-refractivity contribution is 0.153. The van der Waals surface area contributed by atoms with Crippen molar-refractivity contribution in [2.24, 2.45) is 11.7 Å². The Kier molecular flexibility index (Phi) is 13.8. The number of nitrogens with one attached hydrogen (secondary N) is 1. The van der Waals surface area contributed by atoms with Gasteiger partial charge in [0.2, 0.25) is 5.82 Å². The van der Waals surface area contributed by atoms with E-state index in [4.69, 9.17) is 34.0 Å². The molecule has 0 radical (unpaired) electrons. The van der Waals surface area contributed by atoms with Crippen LogP contribution in [-0.4, -0.2) is 70.7 Å². The van der Waals surface area contributed by atoms with Gasteiger partial charge in [-0.2, -0.15) is 4.98 Å². The van der Waals surface area contributed by atoms with Crippen molar-refractivity contribution in [2.45, 2.75) is 95.1 Å². The van der Waals surface area contributed by atoms with Gasteiger partial charge >= 0.3 is 7.82 Å². The van der Waals surface area contributed by atoms with Gasteiger partial charge in [0.25, 0.3) is 5.89 Å². The number of aromatic nitrogens is 2. The Labute approximate surface area is 363 Å². The topological polar surface area (TPSA) is 192 Å². The molecule has 0 aliphatic heterocycles. The number of hydrogen-bond donors (Lipinski definition) is 5. The minimum Gasteiger partial charge on any atom is -0.496 e. The molecule has 1 fully saturated rings. The molecule has 1 aromatic heterocycles. The summed E-state index contributed by atoms with van der Waals surface area (Å²) < 4.78 is 40.2. The second-order valence-electron chi connectivity index (χ2n) is 17.1. The van der Waals surface area contributed by atoms with E-state index in [1.165, 1.54) is 38.9 Å². The molecule has 4 atom stereocenters. The predicted octanol–water partition coefficient (Wildman–Crippen LogP) is 7.81. The van der Waals surface area contributed by atoms with Crippen molar-refractivity contribution in [3.63, 3.8) is 0 Å². The maximum atomic E-state index is 11.3. The highest BCUT2D eigenvalue weighted by Crippen LogP contribution is 2.45. The van der Waals surface area contributed by atoms with Crippen molar-refractivity contribution in [1.82, 2.24) is 15.5 Å². The number of aliphatic hydroxyl groups is 1. The summed E-state index contributed by atoms with van der Waals surface area (Å²) in [5.74, 6) is 3.90. The van der Waals surface area contributed by atoms with Gasteiger partial charge in [-0.3, -0.25) is 4.52 Å². The summed E-state index contributed by atoms with van der Waals surface area (Å²) in [6.45, 7) is 3.39. The van der Waals surface area contributed by atoms with Gasteiger partial charge < -0.3 is 44.7 Å². The van der Waals surface area contributed by atoms with Crippen LogP contribution < -0.4 is 25.3 Å². The lowest BCUT2D eigenvalue weighted by Gasteiger charge is -2.27. The van der Waals surface area contributed by atoms with E-state index in [0.717, 1.165) is 68.2 Å². The minimum atomic E-state index is -4.56. The quantitative estimate of drug-likeness (QED) is 0.0506. The number of ether oxygens (including phenoxy) is 3. The van der Waals surface area contributed by atoms with Gasteiger partial charge in [0.05, 0.1) is 33.5 Å². The number of rotatable bonds is 19. The molecule has 3 aliphatic rings. The normalized spacial score (nSPS) is 20.8. The largest absolute Gasteiger partial charge is 0.496 e. The third kappa shape index (κ3) is 10.3. The van der Waals surface area contributed by atoms with Crippen LogP contribution in [0, 0.1) is 5.92 Å². The first kappa shape index (κ1) is 44.0. The van der Waals surface area contributed by atoms with Crippen LogP contribution >= 0.6 is 7.82 Å². The highest BCUT2D eigenvalue weighted by Gasteiger charge is 2.38. The summed E-state index contributed by atoms with van der Waals surface area (Å²) in [4.78, 5) is 23.2. The smallest absolute Gasteiger partial charge is 0.469 e. The first-order valence-electron chi connectivity index (χ1n) is 22.0. The van der Waals surface area contributed by atoms with Gasteiger partial charge in [-0.25, -0.2) is 4.57 Å². The standard InChI is InChI=1S/C48H59N4O9P/c1-3-58-44-19-15-36(47-51-46(52-61-47)41-8-5-7-40-39(41)17-18-42(40)50-23-24-53)28-45(44)59-25-21-32-6-4-9-43(57-2)38(32)16-11-31-10-12-34-27-35(14-13-33(34)26-31)37-20-22-48(49,29-37)30-60-62(54,55)56/h4-9,13-15,19,27-28,31,37,42,50,53H,3,10-12,16-18,20-26,29-30,49H2,1-2H3,(H2,54,55,56)/t31-,37-,42?,48+/m0/s1. The highest BCUT2D eigenvalue weighted by atomic mass is 31.2. The Morgan fingerprint density at radius 3 is 2.65 bits per heavy atom. The number of phosphoric ester groups is 1. The summed E-state index contributed by atoms with van der Waals surface area (Å²) >= 11 is 0. The monoisotopic (exact) mass is 866 g/mol. The molecule has 13 nitrogen and oxygen atoms in total. The van der Waals surface area contributed by atoms with Gasteiger partial charge in [0.15, 0.2) is 11.5 Å². The molecule has 5 aromatic rings. The number of aliphatic hydroxyl groups excluding tert-OH is 1. The van der Waals surface area contributed by atoms with E-state index in [2.05, 4.69) is 40.8 Å². The molecule has 3 aliphatic carbocycles. The zero-order valence-corrected chi connectivity index (χ0v) is 36.6. The fourth-order valence-electron chi connectivity index (χ4n) is 9.87. The Hall–Kier alpha value is -4.59. The van der Waals surface area contributed by atoms with Gasteiger partial charge in [0.1, 0.15) is 5.75 Å². The number of nitrogens with two attached hydrogens (primary N) is 1. The van der Waals surface area contributed by atoms with Crippen LogP contribution in [0.2, 0.25) is 0 Å². The van der Waals surface area contributed by atoms with Crippen molar-refractivity contribution in [3.05, 3.63) is 112 Å². The second-order valence-corrected chi connectivity index (χ2v) is 18.3. The van der Waals surface area contributed by atoms with E-state index in [9.17, 15) is 19.5 Å². The zero-order chi connectivity index (χ0) is 43.3. The Morgan fingerprint density at radius 2 is 1.82 bits per heavy atom. The molecule has 0 saturated heterocycles. The van der Waals surface area contributed by atoms with Crippen LogP contribution in [0.25, 0.3) is 22.8 Å². The minimum absolute atomic E-state index is 0.101. The second kappa shape index (κ2) is 19.4. The Balaban J connectivity index is 0.898. The molecular formula is C48H59N4O9P. The third-order valence-corrected chi connectivity index (χ3v) is 13.5. The fraction of sp³-hybridized carbons (Fsp3) is 0.458. The molecule has 8 rings (SSSR count). The molecule has 330 valence electrons. The molecule has 1 heterocycles. The molecule has 6 N–H and O–H groups in total. The number of benzene rings is 4. The number of phosphoric acid groups is 1. The molecule has 0 spiro atoms. The fourth-order valence-corrected chi connectivity index (χ4v) is 10.3. The molecule has 0 bridgehead atoms. The van der Waals surface area contributed by atoms with E-state index >= 15 is 0 Å². The molecular weight excluding hydrogens is 808 g/mol. The SMILES string of the molecule is CCOc1ccc(-c2nc(-c3cccc4c3CCC4NCCO)no2)cc1OCCc1cccc(OC)c1CC[C@@H]1CCc2cc([C@H]3CC[C@](N)(COP(=O)(O)O)C3)ccc2C1. The van der Waals surface area contributed by atoms with Crippen molar-refractivity contribution in [3.8, 4) is 40.1 Å². The van der Waals surface area contributed by atoms with E-state index in [1.54, 1.807) is 7.11 Å². The van der Waals surface area contributed by atoms with Gasteiger partial charge in [-0.05, 0) is 146 Å². The van der Waals surface area contributed by atoms with Crippen molar-refractivity contribution in [2.75, 3.05) is 40.1 Å². The maximum absolute atomic E-state index is 11.3. The predicted molar refractivity (Wildman–Crippen MR) is 236 cm³/mol.